The van der Waals surface area contributed by atoms with E-state index in [9.17, 15) is 0 Å². The summed E-state index contributed by atoms with van der Waals surface area (Å²) in [6.07, 6.45) is 4.75. The number of rotatable bonds is 8. The minimum Gasteiger partial charge on any atom is -0.476 e. The van der Waals surface area contributed by atoms with Gasteiger partial charge in [-0.3, -0.25) is 0 Å². The second-order valence-corrected chi connectivity index (χ2v) is 5.07. The van der Waals surface area contributed by atoms with Gasteiger partial charge in [-0.25, -0.2) is 4.98 Å². The van der Waals surface area contributed by atoms with E-state index in [0.29, 0.717) is 29.4 Å². The summed E-state index contributed by atoms with van der Waals surface area (Å²) in [5.74, 6) is 1.73. The third kappa shape index (κ3) is 5.54. The third-order valence-corrected chi connectivity index (χ3v) is 2.67. The van der Waals surface area contributed by atoms with Gasteiger partial charge in [-0.15, -0.1) is 0 Å². The lowest BCUT2D eigenvalue weighted by atomic mass is 10.1. The summed E-state index contributed by atoms with van der Waals surface area (Å²) in [6, 6.07) is 0. The molecule has 0 aromatic carbocycles. The van der Waals surface area contributed by atoms with E-state index in [1.54, 1.807) is 6.20 Å². The Bertz CT molecular complexity index is 358. The van der Waals surface area contributed by atoms with E-state index >= 15 is 0 Å². The number of nitrogens with one attached hydrogen (secondary N) is 1. The first-order valence-corrected chi connectivity index (χ1v) is 6.90. The fourth-order valence-electron chi connectivity index (χ4n) is 1.44. The summed E-state index contributed by atoms with van der Waals surface area (Å²) in [5, 5.41) is 3.57. The summed E-state index contributed by atoms with van der Waals surface area (Å²) in [6.45, 7) is 7.97. The zero-order valence-electron chi connectivity index (χ0n) is 11.4. The second kappa shape index (κ2) is 8.14. The molecule has 1 N–H and O–H groups in total. The average Bonchev–Trinajstić information content (AvgIpc) is 2.34. The van der Waals surface area contributed by atoms with Crippen LogP contribution in [-0.2, 0) is 0 Å². The van der Waals surface area contributed by atoms with E-state index in [4.69, 9.17) is 16.3 Å². The molecule has 18 heavy (non-hydrogen) atoms. The predicted molar refractivity (Wildman–Crippen MR) is 75.4 cm³/mol. The molecule has 0 aliphatic rings. The first-order chi connectivity index (χ1) is 8.63. The fraction of sp³-hybridized carbons (Fsp3) is 0.692. The Morgan fingerprint density at radius 2 is 2.22 bits per heavy atom. The van der Waals surface area contributed by atoms with Gasteiger partial charge in [0.05, 0.1) is 12.8 Å². The van der Waals surface area contributed by atoms with Crippen LogP contribution in [0.5, 0.6) is 5.88 Å². The Morgan fingerprint density at radius 3 is 2.89 bits per heavy atom. The van der Waals surface area contributed by atoms with Crippen molar-refractivity contribution in [1.82, 2.24) is 9.97 Å². The van der Waals surface area contributed by atoms with Crippen LogP contribution in [0.15, 0.2) is 6.20 Å². The zero-order chi connectivity index (χ0) is 13.4. The summed E-state index contributed by atoms with van der Waals surface area (Å²) in [5.41, 5.74) is 0. The predicted octanol–water partition coefficient (Wildman–Crippen LogP) is 3.77. The maximum Gasteiger partial charge on any atom is 0.237 e. The topological polar surface area (TPSA) is 47.0 Å². The first kappa shape index (κ1) is 15.0. The molecular weight excluding hydrogens is 250 g/mol. The van der Waals surface area contributed by atoms with E-state index in [0.717, 1.165) is 25.8 Å². The van der Waals surface area contributed by atoms with E-state index in [2.05, 4.69) is 36.1 Å². The van der Waals surface area contributed by atoms with Gasteiger partial charge in [0.25, 0.3) is 0 Å². The number of anilines is 1. The molecule has 1 aromatic heterocycles. The molecule has 0 aliphatic carbocycles. The molecule has 1 rings (SSSR count). The normalized spacial score (nSPS) is 10.7. The highest BCUT2D eigenvalue weighted by Crippen LogP contribution is 2.22. The van der Waals surface area contributed by atoms with E-state index in [-0.39, 0.29) is 0 Å². The quantitative estimate of drug-likeness (QED) is 0.731. The van der Waals surface area contributed by atoms with Crippen LogP contribution in [0.1, 0.15) is 40.0 Å². The van der Waals surface area contributed by atoms with Crippen LogP contribution in [0.2, 0.25) is 5.02 Å². The van der Waals surface area contributed by atoms with E-state index in [1.807, 2.05) is 0 Å². The maximum absolute atomic E-state index is 5.99. The Labute approximate surface area is 114 Å². The molecule has 0 aliphatic heterocycles. The second-order valence-electron chi connectivity index (χ2n) is 4.66. The molecule has 0 atom stereocenters. The Balaban J connectivity index is 2.47. The van der Waals surface area contributed by atoms with Gasteiger partial charge in [0, 0.05) is 6.54 Å². The Morgan fingerprint density at radius 1 is 1.44 bits per heavy atom. The van der Waals surface area contributed by atoms with Crippen molar-refractivity contribution < 1.29 is 4.74 Å². The molecule has 102 valence electrons. The smallest absolute Gasteiger partial charge is 0.237 e. The molecule has 0 radical (unpaired) electrons. The number of halogens is 1. The molecule has 5 heteroatoms. The molecule has 0 saturated heterocycles. The lowest BCUT2D eigenvalue weighted by Gasteiger charge is -2.09. The average molecular weight is 272 g/mol. The molecular formula is C13H22ClN3O. The van der Waals surface area contributed by atoms with Crippen LogP contribution in [0, 0.1) is 5.92 Å². The lowest BCUT2D eigenvalue weighted by Crippen LogP contribution is -2.07. The van der Waals surface area contributed by atoms with Crippen LogP contribution < -0.4 is 10.1 Å². The van der Waals surface area contributed by atoms with Crippen LogP contribution in [-0.4, -0.2) is 23.1 Å². The van der Waals surface area contributed by atoms with Crippen molar-refractivity contribution in [3.8, 4) is 5.88 Å². The molecule has 0 unspecified atom stereocenters. The summed E-state index contributed by atoms with van der Waals surface area (Å²) < 4.78 is 5.58. The van der Waals surface area contributed by atoms with Gasteiger partial charge in [0.1, 0.15) is 5.02 Å². The molecule has 1 aromatic rings. The van der Waals surface area contributed by atoms with E-state index < -0.39 is 0 Å². The standard InChI is InChI=1S/C13H22ClN3O/c1-4-7-15-13-16-9-11(14)12(17-13)18-8-5-6-10(2)3/h9-10H,4-8H2,1-3H3,(H,15,16,17). The van der Waals surface area contributed by atoms with Gasteiger partial charge in [0.15, 0.2) is 0 Å². The lowest BCUT2D eigenvalue weighted by molar-refractivity contribution is 0.287. The van der Waals surface area contributed by atoms with Crippen LogP contribution >= 0.6 is 11.6 Å². The van der Waals surface area contributed by atoms with Crippen LogP contribution in [0.4, 0.5) is 5.95 Å². The number of nitrogens with zero attached hydrogens (tertiary/aromatic N) is 2. The molecule has 0 bridgehead atoms. The Hall–Kier alpha value is -1.03. The number of aromatic nitrogens is 2. The Kier molecular flexibility index (Phi) is 6.80. The molecule has 0 fully saturated rings. The molecule has 1 heterocycles. The minimum absolute atomic E-state index is 0.460. The van der Waals surface area contributed by atoms with Crippen molar-refractivity contribution in [3.63, 3.8) is 0 Å². The minimum atomic E-state index is 0.460. The van der Waals surface area contributed by atoms with Gasteiger partial charge in [0.2, 0.25) is 11.8 Å². The summed E-state index contributed by atoms with van der Waals surface area (Å²) in [7, 11) is 0. The van der Waals surface area contributed by atoms with Crippen molar-refractivity contribution in [2.45, 2.75) is 40.0 Å². The summed E-state index contributed by atoms with van der Waals surface area (Å²) in [4.78, 5) is 8.35. The SMILES string of the molecule is CCCNc1ncc(Cl)c(OCCCC(C)C)n1. The molecule has 0 saturated carbocycles. The van der Waals surface area contributed by atoms with Gasteiger partial charge in [-0.2, -0.15) is 4.98 Å². The third-order valence-electron chi connectivity index (χ3n) is 2.41. The summed E-state index contributed by atoms with van der Waals surface area (Å²) >= 11 is 5.99. The largest absolute Gasteiger partial charge is 0.476 e. The maximum atomic E-state index is 5.99. The monoisotopic (exact) mass is 271 g/mol. The van der Waals surface area contributed by atoms with Gasteiger partial charge in [-0.05, 0) is 25.2 Å². The molecule has 4 nitrogen and oxygen atoms in total. The van der Waals surface area contributed by atoms with Crippen LogP contribution in [0.25, 0.3) is 0 Å². The van der Waals surface area contributed by atoms with Crippen molar-refractivity contribution >= 4 is 17.5 Å². The van der Waals surface area contributed by atoms with Gasteiger partial charge >= 0.3 is 0 Å². The van der Waals surface area contributed by atoms with Crippen molar-refractivity contribution in [2.24, 2.45) is 5.92 Å². The van der Waals surface area contributed by atoms with Crippen molar-refractivity contribution in [3.05, 3.63) is 11.2 Å². The number of ether oxygens (including phenoxy) is 1. The van der Waals surface area contributed by atoms with Gasteiger partial charge in [-0.1, -0.05) is 32.4 Å². The van der Waals surface area contributed by atoms with Crippen LogP contribution in [0.3, 0.4) is 0 Å². The highest BCUT2D eigenvalue weighted by molar-refractivity contribution is 6.31. The number of hydrogen-bond acceptors (Lipinski definition) is 4. The molecule has 0 amide bonds. The highest BCUT2D eigenvalue weighted by atomic mass is 35.5. The van der Waals surface area contributed by atoms with E-state index in [1.165, 1.54) is 0 Å². The zero-order valence-corrected chi connectivity index (χ0v) is 12.1. The number of hydrogen-bond donors (Lipinski definition) is 1. The fourth-order valence-corrected chi connectivity index (χ4v) is 1.58. The van der Waals surface area contributed by atoms with Crippen molar-refractivity contribution in [2.75, 3.05) is 18.5 Å². The highest BCUT2D eigenvalue weighted by Gasteiger charge is 2.06. The van der Waals surface area contributed by atoms with Crippen molar-refractivity contribution in [1.29, 1.82) is 0 Å². The van der Waals surface area contributed by atoms with Gasteiger partial charge < -0.3 is 10.1 Å². The first-order valence-electron chi connectivity index (χ1n) is 6.52. The molecule has 0 spiro atoms.